The molecule has 2 heteroatoms. The molecule has 0 unspecified atom stereocenters. The fourth-order valence-electron chi connectivity index (χ4n) is 0.281. The second-order valence-corrected chi connectivity index (χ2v) is 3.77. The zero-order chi connectivity index (χ0) is 6.78. The van der Waals surface area contributed by atoms with E-state index in [0.29, 0.717) is 0 Å². The van der Waals surface area contributed by atoms with Gasteiger partial charge < -0.3 is 0 Å². The number of hydrogen-bond donors (Lipinski definition) is 0. The van der Waals surface area contributed by atoms with Gasteiger partial charge in [0.25, 0.3) is 0 Å². The van der Waals surface area contributed by atoms with Gasteiger partial charge >= 0.3 is 0 Å². The Bertz CT molecular complexity index is 66.9. The Morgan fingerprint density at radius 1 is 1.62 bits per heavy atom. The molecular weight excluding hydrogens is 143 g/mol. The molecule has 0 saturated carbocycles. The minimum atomic E-state index is -0.221. The quantitative estimate of drug-likeness (QED) is 0.537. The standard InChI is InChI=1S/C6H12Cl2/c1-4-6(3,8)5(2)7/h5H,4H2,1-3H3/t5-,6+/m0/s1. The lowest BCUT2D eigenvalue weighted by Crippen LogP contribution is -2.25. The van der Waals surface area contributed by atoms with Gasteiger partial charge in [-0.2, -0.15) is 0 Å². The lowest BCUT2D eigenvalue weighted by atomic mass is 10.1. The minimum absolute atomic E-state index is 0.0502. The number of alkyl halides is 2. The molecule has 0 spiro atoms. The molecule has 0 N–H and O–H groups in total. The van der Waals surface area contributed by atoms with Crippen LogP contribution in [0.3, 0.4) is 0 Å². The van der Waals surface area contributed by atoms with Gasteiger partial charge in [0.2, 0.25) is 0 Å². The van der Waals surface area contributed by atoms with Crippen molar-refractivity contribution in [2.24, 2.45) is 0 Å². The molecule has 0 nitrogen and oxygen atoms in total. The van der Waals surface area contributed by atoms with Crippen molar-refractivity contribution in [3.63, 3.8) is 0 Å². The highest BCUT2D eigenvalue weighted by atomic mass is 35.5. The molecule has 0 aliphatic heterocycles. The third-order valence-corrected chi connectivity index (χ3v) is 2.71. The van der Waals surface area contributed by atoms with Gasteiger partial charge in [-0.15, -0.1) is 23.2 Å². The van der Waals surface area contributed by atoms with Crippen LogP contribution < -0.4 is 0 Å². The van der Waals surface area contributed by atoms with Crippen LogP contribution in [0.15, 0.2) is 0 Å². The lowest BCUT2D eigenvalue weighted by molar-refractivity contribution is 0.595. The fraction of sp³-hybridized carbons (Fsp3) is 1.00. The van der Waals surface area contributed by atoms with E-state index in [-0.39, 0.29) is 10.3 Å². The van der Waals surface area contributed by atoms with Crippen LogP contribution in [0, 0.1) is 0 Å². The summed E-state index contributed by atoms with van der Waals surface area (Å²) in [5.41, 5.74) is 0. The summed E-state index contributed by atoms with van der Waals surface area (Å²) in [5.74, 6) is 0. The van der Waals surface area contributed by atoms with Crippen molar-refractivity contribution < 1.29 is 0 Å². The SMILES string of the molecule is CC[C@@](C)(Cl)[C@H](C)Cl. The molecule has 2 atom stereocenters. The maximum Gasteiger partial charge on any atom is 0.0576 e. The van der Waals surface area contributed by atoms with Crippen molar-refractivity contribution in [2.45, 2.75) is 37.4 Å². The largest absolute Gasteiger partial charge is 0.121 e. The van der Waals surface area contributed by atoms with Crippen LogP contribution in [0.4, 0.5) is 0 Å². The Hall–Kier alpha value is 0.580. The molecule has 8 heavy (non-hydrogen) atoms. The van der Waals surface area contributed by atoms with Crippen LogP contribution in [-0.4, -0.2) is 10.3 Å². The number of hydrogen-bond acceptors (Lipinski definition) is 0. The average molecular weight is 155 g/mol. The molecule has 0 aromatic rings. The fourth-order valence-corrected chi connectivity index (χ4v) is 0.436. The van der Waals surface area contributed by atoms with E-state index in [2.05, 4.69) is 0 Å². The molecule has 0 amide bonds. The molecule has 0 bridgehead atoms. The highest BCUT2D eigenvalue weighted by Gasteiger charge is 2.23. The molecule has 0 saturated heterocycles. The van der Waals surface area contributed by atoms with Crippen molar-refractivity contribution >= 4 is 23.2 Å². The summed E-state index contributed by atoms with van der Waals surface area (Å²) < 4.78 is 0. The molecular formula is C6H12Cl2. The van der Waals surface area contributed by atoms with Crippen LogP contribution in [0.1, 0.15) is 27.2 Å². The molecule has 0 radical (unpaired) electrons. The predicted octanol–water partition coefficient (Wildman–Crippen LogP) is 3.02. The highest BCUT2D eigenvalue weighted by molar-refractivity contribution is 6.32. The summed E-state index contributed by atoms with van der Waals surface area (Å²) in [5, 5.41) is 0.0502. The first kappa shape index (κ1) is 8.58. The zero-order valence-corrected chi connectivity index (χ0v) is 7.05. The molecule has 50 valence electrons. The van der Waals surface area contributed by atoms with Gasteiger partial charge in [-0.05, 0) is 20.3 Å². The first-order chi connectivity index (χ1) is 3.50. The van der Waals surface area contributed by atoms with Crippen molar-refractivity contribution in [1.82, 2.24) is 0 Å². The third kappa shape index (κ3) is 2.23. The topological polar surface area (TPSA) is 0 Å². The van der Waals surface area contributed by atoms with E-state index in [1.807, 2.05) is 20.8 Å². The maximum absolute atomic E-state index is 5.92. The summed E-state index contributed by atoms with van der Waals surface area (Å²) >= 11 is 11.7. The van der Waals surface area contributed by atoms with E-state index < -0.39 is 0 Å². The Morgan fingerprint density at radius 3 is 2.00 bits per heavy atom. The van der Waals surface area contributed by atoms with E-state index in [4.69, 9.17) is 23.2 Å². The molecule has 0 aromatic heterocycles. The van der Waals surface area contributed by atoms with Gasteiger partial charge in [0.05, 0.1) is 4.87 Å². The molecule has 0 rings (SSSR count). The average Bonchev–Trinajstić information content (AvgIpc) is 1.67. The van der Waals surface area contributed by atoms with E-state index in [1.165, 1.54) is 0 Å². The second kappa shape index (κ2) is 2.93. The zero-order valence-electron chi connectivity index (χ0n) is 5.54. The first-order valence-corrected chi connectivity index (χ1v) is 3.65. The summed E-state index contributed by atoms with van der Waals surface area (Å²) in [6, 6.07) is 0. The normalized spacial score (nSPS) is 22.1. The van der Waals surface area contributed by atoms with Gasteiger partial charge in [-0.1, -0.05) is 6.92 Å². The van der Waals surface area contributed by atoms with Crippen LogP contribution in [0.5, 0.6) is 0 Å². The Kier molecular flexibility index (Phi) is 3.14. The maximum atomic E-state index is 5.92. The molecule has 0 heterocycles. The van der Waals surface area contributed by atoms with Crippen LogP contribution in [-0.2, 0) is 0 Å². The number of rotatable bonds is 2. The van der Waals surface area contributed by atoms with E-state index >= 15 is 0 Å². The smallest absolute Gasteiger partial charge is 0.0576 e. The minimum Gasteiger partial charge on any atom is -0.121 e. The van der Waals surface area contributed by atoms with Crippen LogP contribution in [0.2, 0.25) is 0 Å². The predicted molar refractivity (Wildman–Crippen MR) is 39.9 cm³/mol. The van der Waals surface area contributed by atoms with Gasteiger partial charge in [0.1, 0.15) is 0 Å². The van der Waals surface area contributed by atoms with Crippen LogP contribution in [0.25, 0.3) is 0 Å². The van der Waals surface area contributed by atoms with E-state index in [0.717, 1.165) is 6.42 Å². The summed E-state index contributed by atoms with van der Waals surface area (Å²) in [4.78, 5) is -0.221. The molecule has 0 aromatic carbocycles. The van der Waals surface area contributed by atoms with Crippen LogP contribution >= 0.6 is 23.2 Å². The van der Waals surface area contributed by atoms with E-state index in [9.17, 15) is 0 Å². The van der Waals surface area contributed by atoms with Gasteiger partial charge in [0, 0.05) is 5.38 Å². The Morgan fingerprint density at radius 2 is 2.00 bits per heavy atom. The first-order valence-electron chi connectivity index (χ1n) is 2.83. The molecule has 0 fully saturated rings. The van der Waals surface area contributed by atoms with Crippen molar-refractivity contribution in [3.05, 3.63) is 0 Å². The van der Waals surface area contributed by atoms with Crippen molar-refractivity contribution in [1.29, 1.82) is 0 Å². The van der Waals surface area contributed by atoms with Gasteiger partial charge in [-0.3, -0.25) is 0 Å². The number of halogens is 2. The third-order valence-electron chi connectivity index (χ3n) is 1.52. The monoisotopic (exact) mass is 154 g/mol. The summed E-state index contributed by atoms with van der Waals surface area (Å²) in [7, 11) is 0. The Labute approximate surface area is 61.2 Å². The summed E-state index contributed by atoms with van der Waals surface area (Å²) in [6.45, 7) is 5.90. The van der Waals surface area contributed by atoms with Crippen molar-refractivity contribution in [2.75, 3.05) is 0 Å². The second-order valence-electron chi connectivity index (χ2n) is 2.25. The van der Waals surface area contributed by atoms with E-state index in [1.54, 1.807) is 0 Å². The Balaban J connectivity index is 3.71. The van der Waals surface area contributed by atoms with Gasteiger partial charge in [-0.25, -0.2) is 0 Å². The lowest BCUT2D eigenvalue weighted by Gasteiger charge is -2.21. The highest BCUT2D eigenvalue weighted by Crippen LogP contribution is 2.26. The summed E-state index contributed by atoms with van der Waals surface area (Å²) in [6.07, 6.45) is 0.916. The molecule has 0 aliphatic carbocycles. The van der Waals surface area contributed by atoms with Gasteiger partial charge in [0.15, 0.2) is 0 Å². The van der Waals surface area contributed by atoms with Crippen molar-refractivity contribution in [3.8, 4) is 0 Å². The molecule has 0 aliphatic rings.